The number of nitrogens with one attached hydrogen (secondary N) is 1. The van der Waals surface area contributed by atoms with Gasteiger partial charge >= 0.3 is 0 Å². The molecule has 0 saturated heterocycles. The van der Waals surface area contributed by atoms with E-state index in [4.69, 9.17) is 0 Å². The Balaban J connectivity index is 1.92. The van der Waals surface area contributed by atoms with Gasteiger partial charge in [0.2, 0.25) is 0 Å². The maximum atomic E-state index is 12.7. The lowest BCUT2D eigenvalue weighted by molar-refractivity contribution is 0.100. The van der Waals surface area contributed by atoms with Crippen LogP contribution in [0, 0.1) is 0 Å². The van der Waals surface area contributed by atoms with Crippen molar-refractivity contribution in [3.8, 4) is 0 Å². The van der Waals surface area contributed by atoms with Gasteiger partial charge in [0.25, 0.3) is 11.5 Å². The number of nitrogens with zero attached hydrogens (tertiary/aromatic N) is 6. The number of carbonyl (C=O) groups excluding carboxylic acids is 1. The van der Waals surface area contributed by atoms with E-state index < -0.39 is 5.91 Å². The van der Waals surface area contributed by atoms with Gasteiger partial charge in [-0.3, -0.25) is 9.59 Å². The molecular weight excluding hydrogens is 310 g/mol. The minimum atomic E-state index is -0.405. The summed E-state index contributed by atoms with van der Waals surface area (Å²) in [6.07, 6.45) is 2.91. The Labute approximate surface area is 135 Å². The number of aromatic nitrogens is 6. The fourth-order valence-electron chi connectivity index (χ4n) is 2.79. The van der Waals surface area contributed by atoms with E-state index in [1.165, 1.54) is 6.33 Å². The van der Waals surface area contributed by atoms with E-state index in [0.717, 1.165) is 15.8 Å². The zero-order chi connectivity index (χ0) is 16.7. The Bertz CT molecular complexity index is 1110. The van der Waals surface area contributed by atoms with E-state index in [1.54, 1.807) is 21.2 Å². The fraction of sp³-hybridized carbons (Fsp3) is 0.133. The van der Waals surface area contributed by atoms with Crippen molar-refractivity contribution in [2.24, 2.45) is 0 Å². The molecule has 0 aliphatic carbocycles. The number of tetrazole rings is 1. The number of amides is 1. The van der Waals surface area contributed by atoms with E-state index in [0.29, 0.717) is 17.6 Å². The van der Waals surface area contributed by atoms with Gasteiger partial charge in [-0.1, -0.05) is 12.1 Å². The largest absolute Gasteiger partial charge is 0.309 e. The Morgan fingerprint density at radius 2 is 2.00 bits per heavy atom. The molecule has 0 spiro atoms. The molecule has 4 aromatic rings. The topological polar surface area (TPSA) is 99.1 Å². The van der Waals surface area contributed by atoms with Crippen LogP contribution >= 0.6 is 0 Å². The minimum Gasteiger partial charge on any atom is -0.309 e. The molecule has 9 nitrogen and oxygen atoms in total. The second-order valence-corrected chi connectivity index (χ2v) is 5.22. The van der Waals surface area contributed by atoms with Crippen molar-refractivity contribution >= 4 is 22.5 Å². The lowest BCUT2D eigenvalue weighted by Gasteiger charge is -2.09. The SMILES string of the molecule is CCn1c(=O)c2cc(C(=O)Nn3cnnn3)cn2c2ccccc21. The van der Waals surface area contributed by atoms with Crippen molar-refractivity contribution in [2.75, 3.05) is 5.43 Å². The first-order valence-electron chi connectivity index (χ1n) is 7.37. The molecule has 1 aromatic carbocycles. The molecule has 0 aliphatic rings. The summed E-state index contributed by atoms with van der Waals surface area (Å²) in [5.74, 6) is -0.405. The molecule has 9 heteroatoms. The third kappa shape index (κ3) is 2.06. The van der Waals surface area contributed by atoms with E-state index in [-0.39, 0.29) is 5.56 Å². The second kappa shape index (κ2) is 5.30. The highest BCUT2D eigenvalue weighted by atomic mass is 16.2. The van der Waals surface area contributed by atoms with Gasteiger partial charge in [-0.25, -0.2) is 5.43 Å². The number of para-hydroxylation sites is 2. The molecule has 0 fully saturated rings. The molecule has 0 unspecified atom stereocenters. The van der Waals surface area contributed by atoms with Crippen LogP contribution in [0.25, 0.3) is 16.6 Å². The number of aryl methyl sites for hydroxylation is 1. The van der Waals surface area contributed by atoms with Crippen molar-refractivity contribution in [3.63, 3.8) is 0 Å². The van der Waals surface area contributed by atoms with Gasteiger partial charge in [0.15, 0.2) is 6.33 Å². The predicted molar refractivity (Wildman–Crippen MR) is 86.3 cm³/mol. The molecule has 3 heterocycles. The van der Waals surface area contributed by atoms with Crippen LogP contribution in [-0.2, 0) is 6.54 Å². The van der Waals surface area contributed by atoms with Crippen LogP contribution in [-0.4, -0.2) is 35.2 Å². The maximum absolute atomic E-state index is 12.7. The summed E-state index contributed by atoms with van der Waals surface area (Å²) in [6.45, 7) is 2.46. The van der Waals surface area contributed by atoms with Crippen LogP contribution in [0.3, 0.4) is 0 Å². The molecule has 0 atom stereocenters. The van der Waals surface area contributed by atoms with Gasteiger partial charge < -0.3 is 8.97 Å². The summed E-state index contributed by atoms with van der Waals surface area (Å²) in [6, 6.07) is 9.15. The predicted octanol–water partition coefficient (Wildman–Crippen LogP) is 0.644. The van der Waals surface area contributed by atoms with Gasteiger partial charge in [-0.2, -0.15) is 0 Å². The molecule has 0 radical (unpaired) electrons. The average molecular weight is 323 g/mol. The highest BCUT2D eigenvalue weighted by molar-refractivity contribution is 6.01. The number of hydrogen-bond donors (Lipinski definition) is 1. The van der Waals surface area contributed by atoms with Crippen LogP contribution < -0.4 is 11.0 Å². The third-order valence-corrected chi connectivity index (χ3v) is 3.86. The van der Waals surface area contributed by atoms with Crippen molar-refractivity contribution in [1.82, 2.24) is 29.3 Å². The number of rotatable bonds is 3. The lowest BCUT2D eigenvalue weighted by atomic mass is 10.3. The summed E-state index contributed by atoms with van der Waals surface area (Å²) in [5, 5.41) is 10.5. The molecule has 0 bridgehead atoms. The summed E-state index contributed by atoms with van der Waals surface area (Å²) in [4.78, 5) is 26.1. The molecule has 4 rings (SSSR count). The van der Waals surface area contributed by atoms with Crippen LogP contribution in [0.15, 0.2) is 47.7 Å². The number of fused-ring (bicyclic) bond motifs is 3. The monoisotopic (exact) mass is 323 g/mol. The van der Waals surface area contributed by atoms with Crippen molar-refractivity contribution < 1.29 is 4.79 Å². The van der Waals surface area contributed by atoms with Crippen molar-refractivity contribution in [3.05, 3.63) is 58.8 Å². The molecule has 24 heavy (non-hydrogen) atoms. The van der Waals surface area contributed by atoms with E-state index in [9.17, 15) is 9.59 Å². The Hall–Kier alpha value is -3.49. The van der Waals surface area contributed by atoms with Gasteiger partial charge in [-0.05, 0) is 35.5 Å². The zero-order valence-electron chi connectivity index (χ0n) is 12.7. The smallest absolute Gasteiger partial charge is 0.275 e. The quantitative estimate of drug-likeness (QED) is 0.596. The molecule has 0 saturated carbocycles. The highest BCUT2D eigenvalue weighted by Gasteiger charge is 2.15. The maximum Gasteiger partial charge on any atom is 0.275 e. The summed E-state index contributed by atoms with van der Waals surface area (Å²) in [7, 11) is 0. The van der Waals surface area contributed by atoms with Gasteiger partial charge in [0, 0.05) is 12.7 Å². The second-order valence-electron chi connectivity index (χ2n) is 5.22. The van der Waals surface area contributed by atoms with Gasteiger partial charge in [0.05, 0.1) is 16.6 Å². The summed E-state index contributed by atoms with van der Waals surface area (Å²) < 4.78 is 3.42. The highest BCUT2D eigenvalue weighted by Crippen LogP contribution is 2.17. The number of carbonyl (C=O) groups is 1. The van der Waals surface area contributed by atoms with E-state index in [2.05, 4.69) is 21.0 Å². The number of benzene rings is 1. The van der Waals surface area contributed by atoms with Crippen LogP contribution in [0.4, 0.5) is 0 Å². The third-order valence-electron chi connectivity index (χ3n) is 3.86. The zero-order valence-corrected chi connectivity index (χ0v) is 12.7. The molecule has 1 N–H and O–H groups in total. The van der Waals surface area contributed by atoms with Crippen molar-refractivity contribution in [1.29, 1.82) is 0 Å². The number of hydrogen-bond acceptors (Lipinski definition) is 5. The van der Waals surface area contributed by atoms with Gasteiger partial charge in [-0.15, -0.1) is 9.89 Å². The Morgan fingerprint density at radius 1 is 1.21 bits per heavy atom. The molecule has 1 amide bonds. The fourth-order valence-corrected chi connectivity index (χ4v) is 2.79. The van der Waals surface area contributed by atoms with Crippen molar-refractivity contribution in [2.45, 2.75) is 13.5 Å². The standard InChI is InChI=1S/C15H13N7O2/c1-2-20-11-5-3-4-6-12(11)21-8-10(7-13(21)15(20)24)14(23)17-22-9-16-18-19-22/h3-9H,2H2,1H3,(H,17,23). The first-order chi connectivity index (χ1) is 11.7. The lowest BCUT2D eigenvalue weighted by Crippen LogP contribution is -2.23. The molecule has 0 aliphatic heterocycles. The average Bonchev–Trinajstić information content (AvgIpc) is 3.25. The minimum absolute atomic E-state index is 0.141. The Morgan fingerprint density at radius 3 is 2.71 bits per heavy atom. The first kappa shape index (κ1) is 14.1. The Kier molecular flexibility index (Phi) is 3.12. The van der Waals surface area contributed by atoms with E-state index >= 15 is 0 Å². The first-order valence-corrected chi connectivity index (χ1v) is 7.37. The summed E-state index contributed by atoms with van der Waals surface area (Å²) in [5.41, 5.74) is 4.84. The van der Waals surface area contributed by atoms with Crippen LogP contribution in [0.2, 0.25) is 0 Å². The molecule has 120 valence electrons. The summed E-state index contributed by atoms with van der Waals surface area (Å²) >= 11 is 0. The molecule has 3 aromatic heterocycles. The van der Waals surface area contributed by atoms with E-state index in [1.807, 2.05) is 31.2 Å². The van der Waals surface area contributed by atoms with Gasteiger partial charge in [0.1, 0.15) is 5.52 Å². The van der Waals surface area contributed by atoms with Crippen LogP contribution in [0.1, 0.15) is 17.3 Å². The van der Waals surface area contributed by atoms with Crippen LogP contribution in [0.5, 0.6) is 0 Å². The molecular formula is C15H13N7O2. The normalized spacial score (nSPS) is 11.2.